The van der Waals surface area contributed by atoms with E-state index in [1.807, 2.05) is 25.3 Å². The van der Waals surface area contributed by atoms with E-state index >= 15 is 0 Å². The van der Waals surface area contributed by atoms with E-state index in [0.29, 0.717) is 6.04 Å². The number of pyridine rings is 1. The van der Waals surface area contributed by atoms with E-state index in [-0.39, 0.29) is 0 Å². The van der Waals surface area contributed by atoms with Gasteiger partial charge in [-0.05, 0) is 80.4 Å². The molecule has 3 aliphatic rings. The number of aromatic nitrogens is 3. The van der Waals surface area contributed by atoms with Crippen LogP contribution in [-0.2, 0) is 0 Å². The Hall–Kier alpha value is -3.51. The van der Waals surface area contributed by atoms with Crippen LogP contribution in [0.25, 0.3) is 28.1 Å². The van der Waals surface area contributed by atoms with Crippen molar-refractivity contribution in [3.8, 4) is 17.1 Å². The molecule has 180 valence electrons. The number of nitrogens with one attached hydrogen (secondary N) is 1. The van der Waals surface area contributed by atoms with Gasteiger partial charge in [0.1, 0.15) is 0 Å². The fourth-order valence-corrected chi connectivity index (χ4v) is 5.29. The predicted octanol–water partition coefficient (Wildman–Crippen LogP) is 7.57. The fourth-order valence-electron chi connectivity index (χ4n) is 5.02. The largest absolute Gasteiger partial charge is 0.352 e. The highest BCUT2D eigenvalue weighted by Gasteiger charge is 2.18. The Morgan fingerprint density at radius 2 is 1.75 bits per heavy atom. The number of para-hydroxylation sites is 2. The molecule has 1 aliphatic heterocycles. The van der Waals surface area contributed by atoms with E-state index < -0.39 is 0 Å². The Morgan fingerprint density at radius 1 is 0.944 bits per heavy atom. The maximum atomic E-state index is 5.28. The molecule has 1 saturated carbocycles. The van der Waals surface area contributed by atoms with Crippen LogP contribution in [-0.4, -0.2) is 20.6 Å². The van der Waals surface area contributed by atoms with Crippen LogP contribution in [0.3, 0.4) is 0 Å². The first-order valence-corrected chi connectivity index (χ1v) is 13.4. The maximum Gasteiger partial charge on any atom is 0.0900 e. The van der Waals surface area contributed by atoms with E-state index in [0.717, 1.165) is 67.8 Å². The van der Waals surface area contributed by atoms with Crippen molar-refractivity contribution in [1.82, 2.24) is 14.5 Å². The van der Waals surface area contributed by atoms with Crippen LogP contribution in [0.4, 0.5) is 11.4 Å². The maximum absolute atomic E-state index is 5.28. The van der Waals surface area contributed by atoms with Gasteiger partial charge in [0.25, 0.3) is 0 Å². The van der Waals surface area contributed by atoms with Gasteiger partial charge in [0.2, 0.25) is 0 Å². The molecule has 0 spiro atoms. The zero-order valence-corrected chi connectivity index (χ0v) is 21.9. The summed E-state index contributed by atoms with van der Waals surface area (Å²) in [6.45, 7) is 2.00. The molecule has 6 rings (SSSR count). The molecule has 1 N–H and O–H groups in total. The van der Waals surface area contributed by atoms with E-state index in [4.69, 9.17) is 9.98 Å². The van der Waals surface area contributed by atoms with Crippen LogP contribution in [0.2, 0.25) is 0 Å². The van der Waals surface area contributed by atoms with Crippen molar-refractivity contribution < 1.29 is 0 Å². The number of hydrogen-bond donors (Lipinski definition) is 1. The molecule has 3 aromatic rings. The van der Waals surface area contributed by atoms with Gasteiger partial charge >= 0.3 is 0 Å². The van der Waals surface area contributed by atoms with Crippen LogP contribution < -0.4 is 10.7 Å². The van der Waals surface area contributed by atoms with Gasteiger partial charge in [-0.15, -0.1) is 0 Å². The molecule has 1 aromatic heterocycles. The highest BCUT2D eigenvalue weighted by atomic mass is 79.9. The second-order valence-corrected chi connectivity index (χ2v) is 10.4. The summed E-state index contributed by atoms with van der Waals surface area (Å²) in [7, 11) is 0. The molecule has 1 fully saturated rings. The lowest BCUT2D eigenvalue weighted by Crippen LogP contribution is -2.19. The van der Waals surface area contributed by atoms with Gasteiger partial charge in [-0.25, -0.2) is 4.98 Å². The highest BCUT2D eigenvalue weighted by Crippen LogP contribution is 2.31. The third kappa shape index (κ3) is 4.65. The van der Waals surface area contributed by atoms with Crippen molar-refractivity contribution >= 4 is 38.3 Å². The minimum Gasteiger partial charge on any atom is -0.352 e. The summed E-state index contributed by atoms with van der Waals surface area (Å²) >= 11 is 3.58. The number of rotatable bonds is 4. The van der Waals surface area contributed by atoms with Gasteiger partial charge in [-0.3, -0.25) is 9.98 Å². The average molecular weight is 538 g/mol. The van der Waals surface area contributed by atoms with Gasteiger partial charge in [0, 0.05) is 15.9 Å². The smallest absolute Gasteiger partial charge is 0.0900 e. The second-order valence-electron chi connectivity index (χ2n) is 9.50. The Labute approximate surface area is 219 Å². The number of halogens is 1. The van der Waals surface area contributed by atoms with Crippen LogP contribution >= 0.6 is 15.9 Å². The van der Waals surface area contributed by atoms with Crippen LogP contribution in [0, 0.1) is 6.92 Å². The Balaban J connectivity index is 1.61. The minimum absolute atomic E-state index is 0.349. The molecular weight excluding hydrogens is 510 g/mol. The number of benzene rings is 3. The van der Waals surface area contributed by atoms with E-state index in [1.54, 1.807) is 0 Å². The third-order valence-corrected chi connectivity index (χ3v) is 7.40. The summed E-state index contributed by atoms with van der Waals surface area (Å²) in [6, 6.07) is 25.5. The van der Waals surface area contributed by atoms with Crippen LogP contribution in [0.1, 0.15) is 37.8 Å². The average Bonchev–Trinajstić information content (AvgIpc) is 2.90. The summed E-state index contributed by atoms with van der Waals surface area (Å²) in [5, 5.41) is 4.55. The van der Waals surface area contributed by atoms with Gasteiger partial charge < -0.3 is 9.88 Å². The molecule has 0 unspecified atom stereocenters. The number of aryl methyl sites for hydroxylation is 1. The second kappa shape index (κ2) is 9.86. The highest BCUT2D eigenvalue weighted by molar-refractivity contribution is 9.10. The van der Waals surface area contributed by atoms with Gasteiger partial charge in [0.15, 0.2) is 0 Å². The summed E-state index contributed by atoms with van der Waals surface area (Å²) in [4.78, 5) is 14.8. The normalized spacial score (nSPS) is 15.0. The topological polar surface area (TPSA) is 55.1 Å². The Morgan fingerprint density at radius 3 is 2.53 bits per heavy atom. The molecule has 0 atom stereocenters. The Kier molecular flexibility index (Phi) is 6.28. The first-order valence-electron chi connectivity index (χ1n) is 12.6. The number of fused-ring (bicyclic) bond motifs is 2. The third-order valence-electron chi connectivity index (χ3n) is 6.87. The van der Waals surface area contributed by atoms with Crippen molar-refractivity contribution in [3.05, 3.63) is 94.5 Å². The zero-order chi connectivity index (χ0) is 24.5. The van der Waals surface area contributed by atoms with Crippen LogP contribution in [0.15, 0.2) is 88.5 Å². The standard InChI is InChI=1S/C30H28BrN5/c1-20-11-14-23(19-32-20)34-26-17-28-30(18-27(26)33-22-7-3-2-4-8-22)36(24-15-12-21(31)13-16-24)29-10-6-5-9-25(29)35-28/h5-6,9-19,22,34H,2-4,7-8H2,1H3. The van der Waals surface area contributed by atoms with Crippen molar-refractivity contribution in [1.29, 1.82) is 0 Å². The monoisotopic (exact) mass is 537 g/mol. The summed E-state index contributed by atoms with van der Waals surface area (Å²) < 4.78 is 3.35. The molecule has 2 aromatic carbocycles. The molecule has 0 bridgehead atoms. The fraction of sp³-hybridized carbons (Fsp3) is 0.233. The van der Waals surface area contributed by atoms with Crippen molar-refractivity contribution in [3.63, 3.8) is 0 Å². The first-order chi connectivity index (χ1) is 17.6. The van der Waals surface area contributed by atoms with Crippen molar-refractivity contribution in [2.24, 2.45) is 4.99 Å². The molecule has 6 heteroatoms. The minimum atomic E-state index is 0.349. The quantitative estimate of drug-likeness (QED) is 0.240. The molecule has 2 aliphatic carbocycles. The van der Waals surface area contributed by atoms with Crippen LogP contribution in [0.5, 0.6) is 0 Å². The molecular formula is C30H28BrN5. The lowest BCUT2D eigenvalue weighted by Gasteiger charge is -2.21. The number of hydrogen-bond acceptors (Lipinski definition) is 4. The van der Waals surface area contributed by atoms with Gasteiger partial charge in [0.05, 0.1) is 51.4 Å². The molecule has 0 radical (unpaired) electrons. The zero-order valence-electron chi connectivity index (χ0n) is 20.3. The molecule has 0 amide bonds. The van der Waals surface area contributed by atoms with Crippen molar-refractivity contribution in [2.75, 3.05) is 5.32 Å². The van der Waals surface area contributed by atoms with Gasteiger partial charge in [-0.2, -0.15) is 0 Å². The SMILES string of the molecule is Cc1ccc(Nc2cc3nc4ccccc4n(-c4ccc(Br)cc4)c-3cc2=NC2CCCCC2)cn1. The van der Waals surface area contributed by atoms with E-state index in [9.17, 15) is 0 Å². The van der Waals surface area contributed by atoms with E-state index in [2.05, 4.69) is 91.5 Å². The predicted molar refractivity (Wildman–Crippen MR) is 150 cm³/mol. The lowest BCUT2D eigenvalue weighted by atomic mass is 9.96. The van der Waals surface area contributed by atoms with Crippen molar-refractivity contribution in [2.45, 2.75) is 45.1 Å². The molecule has 0 saturated heterocycles. The van der Waals surface area contributed by atoms with Gasteiger partial charge in [-0.1, -0.05) is 47.3 Å². The Bertz CT molecular complexity index is 1550. The molecule has 5 nitrogen and oxygen atoms in total. The number of nitrogens with zero attached hydrogens (tertiary/aromatic N) is 4. The summed E-state index contributed by atoms with van der Waals surface area (Å²) in [6.07, 6.45) is 7.97. The van der Waals surface area contributed by atoms with E-state index in [1.165, 1.54) is 19.3 Å². The lowest BCUT2D eigenvalue weighted by molar-refractivity contribution is 0.437. The summed E-state index contributed by atoms with van der Waals surface area (Å²) in [5.74, 6) is 0. The molecule has 36 heavy (non-hydrogen) atoms. The first kappa shape index (κ1) is 22.9. The molecule has 2 heterocycles. The summed E-state index contributed by atoms with van der Waals surface area (Å²) in [5.41, 5.74) is 7.97. The number of anilines is 2.